The van der Waals surface area contributed by atoms with Crippen molar-refractivity contribution in [2.24, 2.45) is 0 Å². The van der Waals surface area contributed by atoms with E-state index in [9.17, 15) is 13.2 Å². The van der Waals surface area contributed by atoms with Crippen LogP contribution in [0.25, 0.3) is 5.69 Å². The number of rotatable bonds is 9. The van der Waals surface area contributed by atoms with E-state index in [0.29, 0.717) is 44.2 Å². The number of nitrogens with zero attached hydrogens (tertiary/aromatic N) is 5. The highest BCUT2D eigenvalue weighted by atomic mass is 32.2. The van der Waals surface area contributed by atoms with Gasteiger partial charge in [-0.25, -0.2) is 8.42 Å². The Morgan fingerprint density at radius 3 is 2.20 bits per heavy atom. The monoisotopic (exact) mass is 497 g/mol. The molecule has 10 heteroatoms. The van der Waals surface area contributed by atoms with Crippen LogP contribution in [0, 0.1) is 0 Å². The summed E-state index contributed by atoms with van der Waals surface area (Å²) in [4.78, 5) is 17.7. The lowest BCUT2D eigenvalue weighted by Crippen LogP contribution is -2.49. The van der Waals surface area contributed by atoms with Crippen LogP contribution >= 0.6 is 0 Å². The van der Waals surface area contributed by atoms with E-state index in [0.717, 1.165) is 13.0 Å². The summed E-state index contributed by atoms with van der Waals surface area (Å²) in [7, 11) is 0.414. The van der Waals surface area contributed by atoms with Crippen molar-refractivity contribution in [1.29, 1.82) is 0 Å². The SMILES string of the molecule is CN(C)CCCOc1c(N2CCN(S(=O)(=O)c3ccccc3)CC2)cnn(-c2ccccc2)c1=O. The topological polar surface area (TPSA) is 88.0 Å². The predicted octanol–water partition coefficient (Wildman–Crippen LogP) is 2.07. The van der Waals surface area contributed by atoms with Crippen molar-refractivity contribution in [3.63, 3.8) is 0 Å². The van der Waals surface area contributed by atoms with Gasteiger partial charge < -0.3 is 14.5 Å². The first kappa shape index (κ1) is 24.9. The summed E-state index contributed by atoms with van der Waals surface area (Å²) < 4.78 is 34.8. The summed E-state index contributed by atoms with van der Waals surface area (Å²) in [5.74, 6) is 0.238. The molecule has 35 heavy (non-hydrogen) atoms. The van der Waals surface area contributed by atoms with Crippen LogP contribution in [0.15, 0.2) is 76.6 Å². The molecule has 0 spiro atoms. The van der Waals surface area contributed by atoms with Gasteiger partial charge in [0.2, 0.25) is 15.8 Å². The van der Waals surface area contributed by atoms with Gasteiger partial charge in [0.1, 0.15) is 5.69 Å². The van der Waals surface area contributed by atoms with E-state index >= 15 is 0 Å². The van der Waals surface area contributed by atoms with Crippen LogP contribution in [0.2, 0.25) is 0 Å². The maximum Gasteiger partial charge on any atom is 0.316 e. The molecule has 1 aliphatic rings. The summed E-state index contributed by atoms with van der Waals surface area (Å²) in [6.45, 7) is 2.69. The molecule has 0 radical (unpaired) electrons. The molecular weight excluding hydrogens is 466 g/mol. The Morgan fingerprint density at radius 2 is 1.57 bits per heavy atom. The van der Waals surface area contributed by atoms with E-state index in [4.69, 9.17) is 4.74 Å². The number of piperazine rings is 1. The third-order valence-electron chi connectivity index (χ3n) is 5.87. The van der Waals surface area contributed by atoms with Crippen molar-refractivity contribution in [3.8, 4) is 11.4 Å². The maximum absolute atomic E-state index is 13.4. The molecule has 1 aromatic heterocycles. The smallest absolute Gasteiger partial charge is 0.316 e. The van der Waals surface area contributed by atoms with E-state index in [1.807, 2.05) is 49.3 Å². The van der Waals surface area contributed by atoms with Gasteiger partial charge in [-0.2, -0.15) is 14.1 Å². The zero-order valence-electron chi connectivity index (χ0n) is 20.1. The number of benzene rings is 2. The fraction of sp³-hybridized carbons (Fsp3) is 0.360. The zero-order chi connectivity index (χ0) is 24.8. The first-order valence-electron chi connectivity index (χ1n) is 11.6. The highest BCUT2D eigenvalue weighted by molar-refractivity contribution is 7.89. The van der Waals surface area contributed by atoms with E-state index in [1.54, 1.807) is 36.5 Å². The van der Waals surface area contributed by atoms with Gasteiger partial charge in [-0.1, -0.05) is 36.4 Å². The highest BCUT2D eigenvalue weighted by Crippen LogP contribution is 2.27. The van der Waals surface area contributed by atoms with Crippen LogP contribution in [0.5, 0.6) is 5.75 Å². The molecule has 0 atom stereocenters. The minimum absolute atomic E-state index is 0.238. The lowest BCUT2D eigenvalue weighted by molar-refractivity contribution is 0.276. The summed E-state index contributed by atoms with van der Waals surface area (Å²) >= 11 is 0. The van der Waals surface area contributed by atoms with Crippen molar-refractivity contribution in [2.45, 2.75) is 11.3 Å². The quantitative estimate of drug-likeness (QED) is 0.418. The Morgan fingerprint density at radius 1 is 0.943 bits per heavy atom. The standard InChI is InChI=1S/C25H31N5O4S/c1-27(2)14-9-19-34-24-23(20-26-30(25(24)31)21-10-5-3-6-11-21)28-15-17-29(18-16-28)35(32,33)22-12-7-4-8-13-22/h3-8,10-13,20H,9,14-19H2,1-2H3. The van der Waals surface area contributed by atoms with Gasteiger partial charge in [-0.05, 0) is 44.8 Å². The van der Waals surface area contributed by atoms with Gasteiger partial charge in [-0.15, -0.1) is 0 Å². The van der Waals surface area contributed by atoms with Crippen LogP contribution in [-0.4, -0.2) is 80.8 Å². The fourth-order valence-corrected chi connectivity index (χ4v) is 5.45. The Bertz CT molecular complexity index is 1270. The molecule has 1 fully saturated rings. The molecule has 2 heterocycles. The lowest BCUT2D eigenvalue weighted by atomic mass is 10.3. The van der Waals surface area contributed by atoms with Crippen LogP contribution in [-0.2, 0) is 10.0 Å². The number of aromatic nitrogens is 2. The number of anilines is 1. The Kier molecular flexibility index (Phi) is 7.84. The first-order chi connectivity index (χ1) is 16.9. The minimum atomic E-state index is -3.57. The zero-order valence-corrected chi connectivity index (χ0v) is 20.9. The van der Waals surface area contributed by atoms with Gasteiger partial charge in [0.15, 0.2) is 0 Å². The lowest BCUT2D eigenvalue weighted by Gasteiger charge is -2.35. The Balaban J connectivity index is 1.57. The van der Waals surface area contributed by atoms with Crippen LogP contribution in [0.3, 0.4) is 0 Å². The number of hydrogen-bond acceptors (Lipinski definition) is 7. The largest absolute Gasteiger partial charge is 0.486 e. The molecule has 0 bridgehead atoms. The third-order valence-corrected chi connectivity index (χ3v) is 7.78. The molecule has 0 unspecified atom stereocenters. The van der Waals surface area contributed by atoms with Crippen LogP contribution in [0.1, 0.15) is 6.42 Å². The normalized spacial score (nSPS) is 14.9. The maximum atomic E-state index is 13.4. The van der Waals surface area contributed by atoms with Crippen molar-refractivity contribution >= 4 is 15.7 Å². The summed E-state index contributed by atoms with van der Waals surface area (Å²) in [6, 6.07) is 17.7. The van der Waals surface area contributed by atoms with Crippen molar-refractivity contribution in [1.82, 2.24) is 19.0 Å². The molecule has 4 rings (SSSR count). The van der Waals surface area contributed by atoms with E-state index in [1.165, 1.54) is 8.99 Å². The van der Waals surface area contributed by atoms with Crippen molar-refractivity contribution in [2.75, 3.05) is 58.3 Å². The van der Waals surface area contributed by atoms with Crippen LogP contribution in [0.4, 0.5) is 5.69 Å². The minimum Gasteiger partial charge on any atom is -0.486 e. The molecule has 0 aliphatic carbocycles. The molecule has 0 saturated carbocycles. The first-order valence-corrected chi connectivity index (χ1v) is 13.1. The average Bonchev–Trinajstić information content (AvgIpc) is 2.88. The molecule has 1 aliphatic heterocycles. The molecule has 3 aromatic rings. The van der Waals surface area contributed by atoms with Gasteiger partial charge in [0.25, 0.3) is 0 Å². The number of ether oxygens (including phenoxy) is 1. The van der Waals surface area contributed by atoms with E-state index in [-0.39, 0.29) is 16.2 Å². The van der Waals surface area contributed by atoms with Crippen molar-refractivity contribution in [3.05, 3.63) is 77.2 Å². The second-order valence-electron chi connectivity index (χ2n) is 8.62. The molecule has 9 nitrogen and oxygen atoms in total. The summed E-state index contributed by atoms with van der Waals surface area (Å²) in [5, 5.41) is 4.40. The summed E-state index contributed by atoms with van der Waals surface area (Å²) in [5.41, 5.74) is 0.905. The number of hydrogen-bond donors (Lipinski definition) is 0. The van der Waals surface area contributed by atoms with E-state index < -0.39 is 10.0 Å². The van der Waals surface area contributed by atoms with Gasteiger partial charge in [0.05, 0.1) is 23.4 Å². The Hall–Kier alpha value is -3.21. The van der Waals surface area contributed by atoms with Crippen LogP contribution < -0.4 is 15.2 Å². The Labute approximate surface area is 206 Å². The molecule has 2 aromatic carbocycles. The number of sulfonamides is 1. The van der Waals surface area contributed by atoms with Gasteiger partial charge in [0, 0.05) is 32.7 Å². The molecule has 186 valence electrons. The molecule has 0 amide bonds. The van der Waals surface area contributed by atoms with Gasteiger partial charge >= 0.3 is 5.56 Å². The van der Waals surface area contributed by atoms with Gasteiger partial charge in [-0.3, -0.25) is 4.79 Å². The second-order valence-corrected chi connectivity index (χ2v) is 10.6. The third kappa shape index (κ3) is 5.72. The number of para-hydroxylation sites is 1. The molecular formula is C25H31N5O4S. The highest BCUT2D eigenvalue weighted by Gasteiger charge is 2.30. The molecule has 1 saturated heterocycles. The second kappa shape index (κ2) is 11.0. The van der Waals surface area contributed by atoms with Crippen molar-refractivity contribution < 1.29 is 13.2 Å². The van der Waals surface area contributed by atoms with E-state index in [2.05, 4.69) is 10.00 Å². The average molecular weight is 498 g/mol. The predicted molar refractivity (Wildman–Crippen MR) is 136 cm³/mol. The fourth-order valence-electron chi connectivity index (χ4n) is 4.01. The molecule has 0 N–H and O–H groups in total. The summed E-state index contributed by atoms with van der Waals surface area (Å²) in [6.07, 6.45) is 2.40.